The molecule has 1 aliphatic rings. The fourth-order valence-electron chi connectivity index (χ4n) is 3.12. The van der Waals surface area contributed by atoms with Crippen LogP contribution in [-0.4, -0.2) is 24.0 Å². The maximum atomic E-state index is 2.69. The van der Waals surface area contributed by atoms with Crippen LogP contribution in [0.15, 0.2) is 0 Å². The average Bonchev–Trinajstić information content (AvgIpc) is 2.90. The van der Waals surface area contributed by atoms with Crippen LogP contribution in [0.5, 0.6) is 0 Å². The first-order valence-corrected chi connectivity index (χ1v) is 8.58. The summed E-state index contributed by atoms with van der Waals surface area (Å²) in [5.74, 6) is 0. The van der Waals surface area contributed by atoms with E-state index in [0.29, 0.717) is 0 Å². The second-order valence-electron chi connectivity index (χ2n) is 6.21. The molecule has 108 valence electrons. The van der Waals surface area contributed by atoms with E-state index in [1.807, 2.05) is 0 Å². The van der Waals surface area contributed by atoms with Crippen LogP contribution in [0.2, 0.25) is 0 Å². The standard InChI is InChI=1S/C17H35N/c1-3-4-5-6-7-8-9-10-11-14-17(2)18-15-12-13-16-18/h17H,3-16H2,1-2H3. The van der Waals surface area contributed by atoms with Crippen molar-refractivity contribution in [2.24, 2.45) is 0 Å². The highest BCUT2D eigenvalue weighted by molar-refractivity contribution is 4.72. The maximum Gasteiger partial charge on any atom is 0.00669 e. The van der Waals surface area contributed by atoms with Gasteiger partial charge in [0.05, 0.1) is 0 Å². The summed E-state index contributed by atoms with van der Waals surface area (Å²) >= 11 is 0. The zero-order valence-corrected chi connectivity index (χ0v) is 12.9. The number of nitrogens with zero attached hydrogens (tertiary/aromatic N) is 1. The van der Waals surface area contributed by atoms with Crippen LogP contribution in [0.4, 0.5) is 0 Å². The van der Waals surface area contributed by atoms with E-state index < -0.39 is 0 Å². The zero-order chi connectivity index (χ0) is 13.1. The van der Waals surface area contributed by atoms with Crippen molar-refractivity contribution < 1.29 is 0 Å². The Bertz CT molecular complexity index is 172. The molecule has 0 radical (unpaired) electrons. The summed E-state index contributed by atoms with van der Waals surface area (Å²) in [5, 5.41) is 0. The molecule has 1 rings (SSSR count). The third-order valence-electron chi connectivity index (χ3n) is 4.49. The van der Waals surface area contributed by atoms with Gasteiger partial charge in [-0.25, -0.2) is 0 Å². The second kappa shape index (κ2) is 10.8. The van der Waals surface area contributed by atoms with Crippen LogP contribution >= 0.6 is 0 Å². The van der Waals surface area contributed by atoms with Gasteiger partial charge in [-0.15, -0.1) is 0 Å². The van der Waals surface area contributed by atoms with Gasteiger partial charge in [-0.3, -0.25) is 0 Å². The highest BCUT2D eigenvalue weighted by atomic mass is 15.2. The van der Waals surface area contributed by atoms with Gasteiger partial charge in [0.25, 0.3) is 0 Å². The van der Waals surface area contributed by atoms with Gasteiger partial charge in [0.1, 0.15) is 0 Å². The second-order valence-corrected chi connectivity index (χ2v) is 6.21. The van der Waals surface area contributed by atoms with Crippen molar-refractivity contribution in [2.45, 2.75) is 96.9 Å². The largest absolute Gasteiger partial charge is 0.301 e. The Morgan fingerprint density at radius 1 is 0.778 bits per heavy atom. The molecular weight excluding hydrogens is 218 g/mol. The lowest BCUT2D eigenvalue weighted by Crippen LogP contribution is -2.29. The Kier molecular flexibility index (Phi) is 9.65. The summed E-state index contributed by atoms with van der Waals surface area (Å²) in [6.45, 7) is 7.44. The minimum atomic E-state index is 0.844. The third kappa shape index (κ3) is 7.41. The Morgan fingerprint density at radius 2 is 1.28 bits per heavy atom. The molecule has 1 heterocycles. The molecule has 1 heteroatoms. The fourth-order valence-corrected chi connectivity index (χ4v) is 3.12. The molecule has 1 nitrogen and oxygen atoms in total. The molecule has 0 aromatic rings. The molecule has 0 aromatic heterocycles. The number of likely N-dealkylation sites (tertiary alicyclic amines) is 1. The lowest BCUT2D eigenvalue weighted by Gasteiger charge is -2.23. The van der Waals surface area contributed by atoms with E-state index in [4.69, 9.17) is 0 Å². The molecule has 1 saturated heterocycles. The Hall–Kier alpha value is -0.0400. The van der Waals surface area contributed by atoms with Crippen LogP contribution < -0.4 is 0 Å². The zero-order valence-electron chi connectivity index (χ0n) is 12.9. The predicted molar refractivity (Wildman–Crippen MR) is 82.1 cm³/mol. The maximum absolute atomic E-state index is 2.69. The van der Waals surface area contributed by atoms with Crippen molar-refractivity contribution in [2.75, 3.05) is 13.1 Å². The summed E-state index contributed by atoms with van der Waals surface area (Å²) in [4.78, 5) is 2.69. The number of hydrogen-bond donors (Lipinski definition) is 0. The number of hydrogen-bond acceptors (Lipinski definition) is 1. The quantitative estimate of drug-likeness (QED) is 0.446. The molecule has 0 aliphatic carbocycles. The molecule has 1 fully saturated rings. The monoisotopic (exact) mass is 253 g/mol. The molecule has 18 heavy (non-hydrogen) atoms. The topological polar surface area (TPSA) is 3.24 Å². The summed E-state index contributed by atoms with van der Waals surface area (Å²) in [5.41, 5.74) is 0. The molecular formula is C17H35N. The molecule has 0 N–H and O–H groups in total. The third-order valence-corrected chi connectivity index (χ3v) is 4.49. The molecule has 1 atom stereocenters. The van der Waals surface area contributed by atoms with Crippen molar-refractivity contribution in [3.05, 3.63) is 0 Å². The Balaban J connectivity index is 1.80. The van der Waals surface area contributed by atoms with Gasteiger partial charge in [0, 0.05) is 6.04 Å². The molecule has 0 spiro atoms. The highest BCUT2D eigenvalue weighted by Crippen LogP contribution is 2.17. The summed E-state index contributed by atoms with van der Waals surface area (Å²) < 4.78 is 0. The highest BCUT2D eigenvalue weighted by Gasteiger charge is 2.16. The Morgan fingerprint density at radius 3 is 1.83 bits per heavy atom. The molecule has 1 unspecified atom stereocenters. The van der Waals surface area contributed by atoms with E-state index in [9.17, 15) is 0 Å². The molecule has 0 amide bonds. The van der Waals surface area contributed by atoms with Gasteiger partial charge in [-0.2, -0.15) is 0 Å². The number of rotatable bonds is 11. The normalized spacial score (nSPS) is 18.3. The fraction of sp³-hybridized carbons (Fsp3) is 1.00. The first-order chi connectivity index (χ1) is 8.84. The molecule has 1 aliphatic heterocycles. The molecule has 0 saturated carbocycles. The van der Waals surface area contributed by atoms with Crippen molar-refractivity contribution >= 4 is 0 Å². The van der Waals surface area contributed by atoms with E-state index in [1.165, 1.54) is 90.1 Å². The lowest BCUT2D eigenvalue weighted by atomic mass is 10.0. The van der Waals surface area contributed by atoms with Gasteiger partial charge in [-0.1, -0.05) is 64.7 Å². The number of unbranched alkanes of at least 4 members (excludes halogenated alkanes) is 8. The van der Waals surface area contributed by atoms with E-state index in [1.54, 1.807) is 0 Å². The van der Waals surface area contributed by atoms with Gasteiger partial charge in [-0.05, 0) is 39.3 Å². The van der Waals surface area contributed by atoms with Crippen LogP contribution in [0.3, 0.4) is 0 Å². The summed E-state index contributed by atoms with van der Waals surface area (Å²) in [7, 11) is 0. The van der Waals surface area contributed by atoms with E-state index in [-0.39, 0.29) is 0 Å². The van der Waals surface area contributed by atoms with Crippen LogP contribution in [0.1, 0.15) is 90.9 Å². The van der Waals surface area contributed by atoms with Crippen LogP contribution in [0, 0.1) is 0 Å². The van der Waals surface area contributed by atoms with Gasteiger partial charge < -0.3 is 4.90 Å². The molecule has 0 aromatic carbocycles. The van der Waals surface area contributed by atoms with E-state index >= 15 is 0 Å². The first kappa shape index (κ1) is 16.0. The van der Waals surface area contributed by atoms with Crippen molar-refractivity contribution in [1.82, 2.24) is 4.90 Å². The predicted octanol–water partition coefficient (Wildman–Crippen LogP) is 5.39. The lowest BCUT2D eigenvalue weighted by molar-refractivity contribution is 0.242. The van der Waals surface area contributed by atoms with Crippen molar-refractivity contribution in [3.63, 3.8) is 0 Å². The van der Waals surface area contributed by atoms with Crippen LogP contribution in [0.25, 0.3) is 0 Å². The van der Waals surface area contributed by atoms with E-state index in [0.717, 1.165) is 6.04 Å². The van der Waals surface area contributed by atoms with Gasteiger partial charge in [0.15, 0.2) is 0 Å². The van der Waals surface area contributed by atoms with Crippen LogP contribution in [-0.2, 0) is 0 Å². The summed E-state index contributed by atoms with van der Waals surface area (Å²) in [6, 6.07) is 0.844. The van der Waals surface area contributed by atoms with Gasteiger partial charge >= 0.3 is 0 Å². The molecule has 0 bridgehead atoms. The average molecular weight is 253 g/mol. The van der Waals surface area contributed by atoms with Gasteiger partial charge in [0.2, 0.25) is 0 Å². The Labute approximate surface area is 115 Å². The van der Waals surface area contributed by atoms with E-state index in [2.05, 4.69) is 18.7 Å². The van der Waals surface area contributed by atoms with Crippen molar-refractivity contribution in [1.29, 1.82) is 0 Å². The minimum Gasteiger partial charge on any atom is -0.301 e. The smallest absolute Gasteiger partial charge is 0.00669 e. The van der Waals surface area contributed by atoms with Crippen molar-refractivity contribution in [3.8, 4) is 0 Å². The summed E-state index contributed by atoms with van der Waals surface area (Å²) in [6.07, 6.45) is 17.4. The SMILES string of the molecule is CCCCCCCCCCCC(C)N1CCCC1. The first-order valence-electron chi connectivity index (χ1n) is 8.58. The minimum absolute atomic E-state index is 0.844.